The molecule has 3 aromatic rings. The molecule has 4 rings (SSSR count). The molecule has 2 aromatic carbocycles. The van der Waals surface area contributed by atoms with Crippen molar-refractivity contribution in [1.82, 2.24) is 4.57 Å². The zero-order chi connectivity index (χ0) is 20.1. The highest BCUT2D eigenvalue weighted by molar-refractivity contribution is 8.13. The number of nitrogens with zero attached hydrogens (tertiary/aromatic N) is 1. The molecule has 7 heteroatoms. The fourth-order valence-corrected chi connectivity index (χ4v) is 4.97. The molecule has 0 unspecified atom stereocenters. The minimum atomic E-state index is -4.07. The average molecular weight is 416 g/mol. The Bertz CT molecular complexity index is 1210. The number of carbonyl (C=O) groups excluding carboxylic acids is 1. The van der Waals surface area contributed by atoms with Crippen LogP contribution >= 0.6 is 10.7 Å². The largest absolute Gasteiger partial charge is 0.461 e. The molecule has 1 heterocycles. The Hall–Kier alpha value is -2.57. The number of aryl methyl sites for hydroxylation is 1. The number of benzene rings is 2. The Morgan fingerprint density at radius 2 is 1.79 bits per heavy atom. The van der Waals surface area contributed by atoms with E-state index in [0.717, 1.165) is 22.3 Å². The van der Waals surface area contributed by atoms with E-state index in [1.165, 1.54) is 10.8 Å². The van der Waals surface area contributed by atoms with Gasteiger partial charge in [0.05, 0.1) is 6.61 Å². The lowest BCUT2D eigenvalue weighted by Gasteiger charge is -2.12. The number of hydrogen-bond acceptors (Lipinski definition) is 4. The quantitative estimate of drug-likeness (QED) is 0.366. The minimum Gasteiger partial charge on any atom is -0.461 e. The highest BCUT2D eigenvalue weighted by Gasteiger charge is 2.31. The molecule has 1 aliphatic rings. The zero-order valence-corrected chi connectivity index (χ0v) is 17.0. The van der Waals surface area contributed by atoms with E-state index < -0.39 is 15.0 Å². The lowest BCUT2D eigenvalue weighted by Crippen LogP contribution is -2.11. The third-order valence-corrected chi connectivity index (χ3v) is 6.33. The zero-order valence-electron chi connectivity index (χ0n) is 15.4. The smallest absolute Gasteiger partial charge is 0.355 e. The van der Waals surface area contributed by atoms with Crippen molar-refractivity contribution >= 4 is 25.7 Å². The fraction of sp³-hybridized carbons (Fsp3) is 0.190. The van der Waals surface area contributed by atoms with Crippen LogP contribution in [0.25, 0.3) is 22.3 Å². The summed E-state index contributed by atoms with van der Waals surface area (Å²) in [7, 11) is 3.26. The van der Waals surface area contributed by atoms with Gasteiger partial charge in [-0.1, -0.05) is 42.5 Å². The standard InChI is InChI=1S/C21H18ClNO4S/c1-3-27-21(24)20-19(18(12-23(20)2)28(22,25)26)16-10-6-9-15-14-8-5-4-7-13(14)11-17(15)16/h4-10,12H,3,11H2,1-2H3. The summed E-state index contributed by atoms with van der Waals surface area (Å²) in [4.78, 5) is 12.5. The van der Waals surface area contributed by atoms with E-state index in [9.17, 15) is 13.2 Å². The van der Waals surface area contributed by atoms with Crippen LogP contribution in [-0.4, -0.2) is 25.6 Å². The number of halogens is 1. The average Bonchev–Trinajstić information content (AvgIpc) is 3.19. The summed E-state index contributed by atoms with van der Waals surface area (Å²) in [6.07, 6.45) is 2.02. The van der Waals surface area contributed by atoms with Crippen molar-refractivity contribution in [2.45, 2.75) is 18.2 Å². The molecule has 0 atom stereocenters. The van der Waals surface area contributed by atoms with Gasteiger partial charge in [-0.15, -0.1) is 0 Å². The van der Waals surface area contributed by atoms with Gasteiger partial charge in [0.2, 0.25) is 0 Å². The minimum absolute atomic E-state index is 0.0934. The molecular weight excluding hydrogens is 398 g/mol. The van der Waals surface area contributed by atoms with Crippen molar-refractivity contribution in [1.29, 1.82) is 0 Å². The van der Waals surface area contributed by atoms with E-state index in [0.29, 0.717) is 17.5 Å². The van der Waals surface area contributed by atoms with Crippen LogP contribution in [0.4, 0.5) is 0 Å². The second kappa shape index (κ2) is 6.79. The van der Waals surface area contributed by atoms with E-state index in [4.69, 9.17) is 15.4 Å². The molecule has 0 saturated carbocycles. The molecule has 0 fully saturated rings. The molecule has 0 spiro atoms. The van der Waals surface area contributed by atoms with Crippen molar-refractivity contribution in [3.63, 3.8) is 0 Å². The number of hydrogen-bond donors (Lipinski definition) is 0. The van der Waals surface area contributed by atoms with E-state index in [2.05, 4.69) is 6.07 Å². The third-order valence-electron chi connectivity index (χ3n) is 5.00. The maximum absolute atomic E-state index is 12.6. The highest BCUT2D eigenvalue weighted by atomic mass is 35.7. The van der Waals surface area contributed by atoms with Gasteiger partial charge < -0.3 is 9.30 Å². The number of carbonyl (C=O) groups is 1. The molecule has 0 N–H and O–H groups in total. The lowest BCUT2D eigenvalue weighted by atomic mass is 9.95. The van der Waals surface area contributed by atoms with E-state index in [-0.39, 0.29) is 17.2 Å². The molecule has 5 nitrogen and oxygen atoms in total. The summed E-state index contributed by atoms with van der Waals surface area (Å²) in [5, 5.41) is 0. The Labute approximate surface area is 167 Å². The summed E-state index contributed by atoms with van der Waals surface area (Å²) >= 11 is 0. The van der Waals surface area contributed by atoms with Gasteiger partial charge in [-0.2, -0.15) is 0 Å². The predicted molar refractivity (Wildman–Crippen MR) is 108 cm³/mol. The Morgan fingerprint density at radius 1 is 1.11 bits per heavy atom. The van der Waals surface area contributed by atoms with Crippen molar-refractivity contribution in [3.05, 3.63) is 65.5 Å². The first-order valence-electron chi connectivity index (χ1n) is 8.84. The maximum atomic E-state index is 12.6. The summed E-state index contributed by atoms with van der Waals surface area (Å²) in [6.45, 7) is 1.89. The van der Waals surface area contributed by atoms with Crippen molar-refractivity contribution in [3.8, 4) is 22.3 Å². The van der Waals surface area contributed by atoms with Gasteiger partial charge in [-0.25, -0.2) is 13.2 Å². The van der Waals surface area contributed by atoms with Crippen molar-refractivity contribution in [2.24, 2.45) is 7.05 Å². The second-order valence-electron chi connectivity index (χ2n) is 6.65. The van der Waals surface area contributed by atoms with Gasteiger partial charge in [-0.05, 0) is 41.2 Å². The Kier molecular flexibility index (Phi) is 4.56. The number of aromatic nitrogens is 1. The van der Waals surface area contributed by atoms with Crippen LogP contribution in [0.5, 0.6) is 0 Å². The van der Waals surface area contributed by atoms with E-state index in [1.807, 2.05) is 36.4 Å². The van der Waals surface area contributed by atoms with Crippen molar-refractivity contribution < 1.29 is 17.9 Å². The molecule has 28 heavy (non-hydrogen) atoms. The monoisotopic (exact) mass is 415 g/mol. The van der Waals surface area contributed by atoms with Crippen LogP contribution in [0.1, 0.15) is 28.5 Å². The summed E-state index contributed by atoms with van der Waals surface area (Å²) in [6, 6.07) is 13.7. The number of rotatable bonds is 4. The first-order chi connectivity index (χ1) is 13.3. The van der Waals surface area contributed by atoms with E-state index in [1.54, 1.807) is 14.0 Å². The number of esters is 1. The lowest BCUT2D eigenvalue weighted by molar-refractivity contribution is 0.0516. The second-order valence-corrected chi connectivity index (χ2v) is 9.19. The number of fused-ring (bicyclic) bond motifs is 3. The molecule has 0 aliphatic heterocycles. The normalized spacial score (nSPS) is 12.5. The van der Waals surface area contributed by atoms with Gasteiger partial charge in [0, 0.05) is 29.5 Å². The van der Waals surface area contributed by atoms with Crippen molar-refractivity contribution in [2.75, 3.05) is 6.61 Å². The van der Waals surface area contributed by atoms with Crippen LogP contribution in [0.15, 0.2) is 53.6 Å². The van der Waals surface area contributed by atoms with E-state index >= 15 is 0 Å². The van der Waals surface area contributed by atoms with Crippen LogP contribution in [0, 0.1) is 0 Å². The summed E-state index contributed by atoms with van der Waals surface area (Å²) in [5.41, 5.74) is 5.42. The van der Waals surface area contributed by atoms with Gasteiger partial charge in [0.15, 0.2) is 0 Å². The van der Waals surface area contributed by atoms with Crippen LogP contribution in [0.3, 0.4) is 0 Å². The molecule has 0 amide bonds. The number of ether oxygens (including phenoxy) is 1. The predicted octanol–water partition coefficient (Wildman–Crippen LogP) is 4.37. The van der Waals surface area contributed by atoms with Crippen LogP contribution in [0.2, 0.25) is 0 Å². The molecule has 1 aliphatic carbocycles. The summed E-state index contributed by atoms with van der Waals surface area (Å²) < 4.78 is 31.2. The highest BCUT2D eigenvalue weighted by Crippen LogP contribution is 2.44. The third kappa shape index (κ3) is 2.93. The van der Waals surface area contributed by atoms with Gasteiger partial charge >= 0.3 is 5.97 Å². The maximum Gasteiger partial charge on any atom is 0.355 e. The molecule has 0 radical (unpaired) electrons. The molecule has 1 aromatic heterocycles. The molecular formula is C21H18ClNO4S. The van der Waals surface area contributed by atoms with Gasteiger partial charge in [0.1, 0.15) is 10.6 Å². The first-order valence-corrected chi connectivity index (χ1v) is 11.2. The Morgan fingerprint density at radius 3 is 2.50 bits per heavy atom. The molecule has 0 bridgehead atoms. The summed E-state index contributed by atoms with van der Waals surface area (Å²) in [5.74, 6) is -0.584. The first kappa shape index (κ1) is 18.8. The SMILES string of the molecule is CCOC(=O)c1c(-c2cccc3c2Cc2ccccc2-3)c(S(=O)(=O)Cl)cn1C. The Balaban J connectivity index is 2.02. The van der Waals surface area contributed by atoms with Gasteiger partial charge in [0.25, 0.3) is 9.05 Å². The molecule has 144 valence electrons. The van der Waals surface area contributed by atoms with Crippen LogP contribution in [-0.2, 0) is 27.3 Å². The topological polar surface area (TPSA) is 65.4 Å². The van der Waals surface area contributed by atoms with Gasteiger partial charge in [-0.3, -0.25) is 0 Å². The molecule has 0 saturated heterocycles. The fourth-order valence-electron chi connectivity index (χ4n) is 3.88. The van der Waals surface area contributed by atoms with Crippen LogP contribution < -0.4 is 0 Å².